The van der Waals surface area contributed by atoms with E-state index in [4.69, 9.17) is 11.6 Å². The Morgan fingerprint density at radius 3 is 2.59 bits per heavy atom. The summed E-state index contributed by atoms with van der Waals surface area (Å²) in [5.41, 5.74) is 5.48. The zero-order chi connectivity index (χ0) is 23.1. The van der Waals surface area contributed by atoms with Gasteiger partial charge in [0.1, 0.15) is 5.75 Å². The predicted octanol–water partition coefficient (Wildman–Crippen LogP) is 7.17. The zero-order valence-electron chi connectivity index (χ0n) is 17.6. The lowest BCUT2D eigenvalue weighted by molar-refractivity contribution is -0.0499. The van der Waals surface area contributed by atoms with Crippen molar-refractivity contribution < 1.29 is 13.5 Å². The van der Waals surface area contributed by atoms with Crippen LogP contribution in [0.25, 0.3) is 10.9 Å². The van der Waals surface area contributed by atoms with Crippen LogP contribution in [0.3, 0.4) is 0 Å². The molecule has 4 rings (SSSR count). The SMILES string of the molecule is CNCc1c[nH]c2cc(Nc3ccc(C)cc3Cl)ccc12.FC(F)Oc1cccc(S)c1. The summed E-state index contributed by atoms with van der Waals surface area (Å²) in [6, 6.07) is 18.5. The van der Waals surface area contributed by atoms with Crippen LogP contribution in [0.15, 0.2) is 71.8 Å². The highest BCUT2D eigenvalue weighted by Crippen LogP contribution is 2.28. The molecule has 0 aliphatic carbocycles. The number of nitrogens with one attached hydrogen (secondary N) is 3. The first kappa shape index (κ1) is 23.9. The minimum absolute atomic E-state index is 0.132. The van der Waals surface area contributed by atoms with Gasteiger partial charge in [0.2, 0.25) is 0 Å². The second kappa shape index (κ2) is 11.2. The monoisotopic (exact) mass is 475 g/mol. The molecule has 168 valence electrons. The predicted molar refractivity (Wildman–Crippen MR) is 131 cm³/mol. The molecule has 0 aliphatic rings. The van der Waals surface area contributed by atoms with Gasteiger partial charge in [-0.15, -0.1) is 12.6 Å². The number of ether oxygens (including phenoxy) is 1. The highest BCUT2D eigenvalue weighted by atomic mass is 35.5. The fraction of sp³-hybridized carbons (Fsp3) is 0.167. The third-order valence-corrected chi connectivity index (χ3v) is 5.17. The summed E-state index contributed by atoms with van der Waals surface area (Å²) in [5.74, 6) is 0.132. The molecule has 0 aliphatic heterocycles. The van der Waals surface area contributed by atoms with E-state index in [1.54, 1.807) is 12.1 Å². The summed E-state index contributed by atoms with van der Waals surface area (Å²) in [4.78, 5) is 3.91. The van der Waals surface area contributed by atoms with Crippen molar-refractivity contribution in [3.8, 4) is 5.75 Å². The Balaban J connectivity index is 0.000000222. The van der Waals surface area contributed by atoms with Gasteiger partial charge < -0.3 is 20.4 Å². The quantitative estimate of drug-likeness (QED) is 0.223. The Morgan fingerprint density at radius 1 is 1.09 bits per heavy atom. The molecule has 0 radical (unpaired) electrons. The number of aromatic nitrogens is 1. The van der Waals surface area contributed by atoms with Gasteiger partial charge in [-0.2, -0.15) is 8.78 Å². The van der Waals surface area contributed by atoms with Gasteiger partial charge in [0.25, 0.3) is 0 Å². The number of H-pyrrole nitrogens is 1. The maximum atomic E-state index is 11.6. The average molecular weight is 476 g/mol. The molecular weight excluding hydrogens is 452 g/mol. The van der Waals surface area contributed by atoms with Gasteiger partial charge in [0.05, 0.1) is 10.7 Å². The largest absolute Gasteiger partial charge is 0.435 e. The molecule has 0 unspecified atom stereocenters. The summed E-state index contributed by atoms with van der Waals surface area (Å²) in [6.07, 6.45) is 2.05. The molecule has 0 amide bonds. The summed E-state index contributed by atoms with van der Waals surface area (Å²) in [5, 5.41) is 8.52. The molecule has 8 heteroatoms. The van der Waals surface area contributed by atoms with E-state index in [9.17, 15) is 8.78 Å². The normalized spacial score (nSPS) is 10.7. The molecule has 3 aromatic carbocycles. The number of halogens is 3. The summed E-state index contributed by atoms with van der Waals surface area (Å²) < 4.78 is 27.3. The molecule has 4 nitrogen and oxygen atoms in total. The number of alkyl halides is 2. The van der Waals surface area contributed by atoms with Crippen LogP contribution in [-0.4, -0.2) is 18.6 Å². The van der Waals surface area contributed by atoms with Gasteiger partial charge >= 0.3 is 6.61 Å². The van der Waals surface area contributed by atoms with Crippen LogP contribution in [0.2, 0.25) is 5.02 Å². The Kier molecular flexibility index (Phi) is 8.39. The van der Waals surface area contributed by atoms with Crippen LogP contribution in [0.5, 0.6) is 5.75 Å². The van der Waals surface area contributed by atoms with Crippen LogP contribution >= 0.6 is 24.2 Å². The topological polar surface area (TPSA) is 49.1 Å². The number of aryl methyl sites for hydroxylation is 1. The van der Waals surface area contributed by atoms with Gasteiger partial charge in [-0.25, -0.2) is 0 Å². The number of rotatable bonds is 6. The standard InChI is InChI=1S/C17H18ClN3.C7H6F2OS/c1-11-3-6-16(15(18)7-11)21-13-4-5-14-12(9-19-2)10-20-17(14)8-13;8-7(9)10-5-2-1-3-6(11)4-5/h3-8,10,19-21H,9H2,1-2H3;1-4,7,11H. The van der Waals surface area contributed by atoms with E-state index in [1.807, 2.05) is 38.4 Å². The van der Waals surface area contributed by atoms with Crippen LogP contribution < -0.4 is 15.4 Å². The summed E-state index contributed by atoms with van der Waals surface area (Å²) >= 11 is 10.2. The third-order valence-electron chi connectivity index (χ3n) is 4.58. The zero-order valence-corrected chi connectivity index (χ0v) is 19.3. The van der Waals surface area contributed by atoms with Crippen molar-refractivity contribution in [1.82, 2.24) is 10.3 Å². The molecule has 1 heterocycles. The Bertz CT molecular complexity index is 1180. The first-order valence-electron chi connectivity index (χ1n) is 9.87. The van der Waals surface area contributed by atoms with Crippen molar-refractivity contribution in [3.63, 3.8) is 0 Å². The Morgan fingerprint density at radius 2 is 1.91 bits per heavy atom. The summed E-state index contributed by atoms with van der Waals surface area (Å²) in [7, 11) is 1.95. The minimum atomic E-state index is -2.77. The van der Waals surface area contributed by atoms with E-state index < -0.39 is 6.61 Å². The molecule has 0 spiro atoms. The van der Waals surface area contributed by atoms with Crippen molar-refractivity contribution >= 4 is 46.5 Å². The molecule has 0 saturated heterocycles. The van der Waals surface area contributed by atoms with E-state index in [-0.39, 0.29) is 5.75 Å². The maximum Gasteiger partial charge on any atom is 0.387 e. The van der Waals surface area contributed by atoms with Gasteiger partial charge in [-0.1, -0.05) is 29.8 Å². The smallest absolute Gasteiger partial charge is 0.387 e. The molecule has 32 heavy (non-hydrogen) atoms. The highest BCUT2D eigenvalue weighted by Gasteiger charge is 2.06. The van der Waals surface area contributed by atoms with E-state index in [2.05, 4.69) is 51.2 Å². The van der Waals surface area contributed by atoms with E-state index in [1.165, 1.54) is 23.1 Å². The van der Waals surface area contributed by atoms with E-state index in [0.29, 0.717) is 4.90 Å². The van der Waals surface area contributed by atoms with Crippen LogP contribution in [-0.2, 0) is 6.54 Å². The second-order valence-electron chi connectivity index (χ2n) is 7.09. The fourth-order valence-corrected chi connectivity index (χ4v) is 3.63. The number of fused-ring (bicyclic) bond motifs is 1. The molecule has 0 fully saturated rings. The van der Waals surface area contributed by atoms with Crippen molar-refractivity contribution in [3.05, 3.63) is 83.0 Å². The first-order chi connectivity index (χ1) is 15.4. The number of benzene rings is 3. The number of anilines is 2. The van der Waals surface area contributed by atoms with Crippen LogP contribution in [0.4, 0.5) is 20.2 Å². The van der Waals surface area contributed by atoms with Crippen molar-refractivity contribution in [2.75, 3.05) is 12.4 Å². The van der Waals surface area contributed by atoms with Crippen LogP contribution in [0.1, 0.15) is 11.1 Å². The summed E-state index contributed by atoms with van der Waals surface area (Å²) in [6.45, 7) is 0.116. The maximum absolute atomic E-state index is 11.6. The number of thiol groups is 1. The minimum Gasteiger partial charge on any atom is -0.435 e. The van der Waals surface area contributed by atoms with Gasteiger partial charge in [0, 0.05) is 34.2 Å². The number of hydrogen-bond donors (Lipinski definition) is 4. The third kappa shape index (κ3) is 6.63. The van der Waals surface area contributed by atoms with Crippen molar-refractivity contribution in [2.45, 2.75) is 25.0 Å². The highest BCUT2D eigenvalue weighted by molar-refractivity contribution is 7.80. The van der Waals surface area contributed by atoms with Gasteiger partial charge in [0.15, 0.2) is 0 Å². The lowest BCUT2D eigenvalue weighted by atomic mass is 10.1. The number of hydrogen-bond acceptors (Lipinski definition) is 4. The van der Waals surface area contributed by atoms with E-state index in [0.717, 1.165) is 34.0 Å². The van der Waals surface area contributed by atoms with E-state index >= 15 is 0 Å². The molecule has 1 aromatic heterocycles. The molecule has 3 N–H and O–H groups in total. The van der Waals surface area contributed by atoms with Gasteiger partial charge in [-0.05, 0) is 67.6 Å². The lowest BCUT2D eigenvalue weighted by Gasteiger charge is -2.09. The first-order valence-corrected chi connectivity index (χ1v) is 10.7. The Labute approximate surface area is 196 Å². The Hall–Kier alpha value is -2.74. The number of aromatic amines is 1. The molecule has 0 bridgehead atoms. The van der Waals surface area contributed by atoms with Gasteiger partial charge in [-0.3, -0.25) is 0 Å². The lowest BCUT2D eigenvalue weighted by Crippen LogP contribution is -2.03. The fourth-order valence-electron chi connectivity index (χ4n) is 3.14. The molecule has 0 atom stereocenters. The second-order valence-corrected chi connectivity index (χ2v) is 8.01. The molecule has 0 saturated carbocycles. The average Bonchev–Trinajstić information content (AvgIpc) is 3.13. The van der Waals surface area contributed by atoms with Crippen LogP contribution in [0, 0.1) is 6.92 Å². The molecular formula is C24H24ClF2N3OS. The molecule has 4 aromatic rings. The van der Waals surface area contributed by atoms with Crippen molar-refractivity contribution in [1.29, 1.82) is 0 Å². The van der Waals surface area contributed by atoms with Crippen molar-refractivity contribution in [2.24, 2.45) is 0 Å².